The first kappa shape index (κ1) is 24.2. The number of ether oxygens (including phenoxy) is 4. The summed E-state index contributed by atoms with van der Waals surface area (Å²) in [6, 6.07) is 10.8. The van der Waals surface area contributed by atoms with E-state index >= 15 is 0 Å². The molecule has 1 fully saturated rings. The number of benzene rings is 2. The number of aliphatic hydroxyl groups excluding tert-OH is 1. The van der Waals surface area contributed by atoms with E-state index in [9.17, 15) is 14.7 Å². The second-order valence-corrected chi connectivity index (χ2v) is 9.01. The van der Waals surface area contributed by atoms with E-state index in [1.165, 1.54) is 44.7 Å². The fourth-order valence-electron chi connectivity index (χ4n) is 4.34. The number of H-pyrrole nitrogens is 1. The largest absolute Gasteiger partial charge is 0.507 e. The first-order valence-corrected chi connectivity index (χ1v) is 12.0. The van der Waals surface area contributed by atoms with Gasteiger partial charge in [0, 0.05) is 23.1 Å². The number of fused-ring (bicyclic) bond motifs is 1. The van der Waals surface area contributed by atoms with Gasteiger partial charge in [0.15, 0.2) is 11.5 Å². The molecule has 37 heavy (non-hydrogen) atoms. The Bertz CT molecular complexity index is 1500. The van der Waals surface area contributed by atoms with E-state index in [1.54, 1.807) is 36.4 Å². The first-order chi connectivity index (χ1) is 17.9. The molecule has 0 aliphatic carbocycles. The average molecular weight is 522 g/mol. The number of imidazole rings is 1. The number of hydrogen-bond acceptors (Lipinski definition) is 9. The smallest absolute Gasteiger partial charge is 0.302 e. The summed E-state index contributed by atoms with van der Waals surface area (Å²) < 4.78 is 21.4. The molecule has 5 rings (SSSR count). The molecule has 0 radical (unpaired) electrons. The third-order valence-corrected chi connectivity index (χ3v) is 7.05. The quantitative estimate of drug-likeness (QED) is 0.210. The lowest BCUT2D eigenvalue weighted by molar-refractivity contribution is -0.132. The van der Waals surface area contributed by atoms with Gasteiger partial charge in [0.25, 0.3) is 5.78 Å². The molecule has 1 aliphatic heterocycles. The van der Waals surface area contributed by atoms with Gasteiger partial charge in [-0.15, -0.1) is 11.3 Å². The van der Waals surface area contributed by atoms with Gasteiger partial charge < -0.3 is 29.0 Å². The predicted octanol–water partition coefficient (Wildman–Crippen LogP) is 4.29. The molecule has 1 unspecified atom stereocenters. The van der Waals surface area contributed by atoms with Crippen LogP contribution in [0.15, 0.2) is 53.4 Å². The number of aromatic nitrogens is 2. The number of carbonyl (C=O) groups excluding carboxylic acids is 2. The van der Waals surface area contributed by atoms with Crippen LogP contribution < -0.4 is 23.8 Å². The first-order valence-electron chi connectivity index (χ1n) is 11.1. The second kappa shape index (κ2) is 9.51. The predicted molar refractivity (Wildman–Crippen MR) is 138 cm³/mol. The van der Waals surface area contributed by atoms with E-state index < -0.39 is 17.7 Å². The number of aromatic amines is 1. The Kier molecular flexibility index (Phi) is 6.22. The van der Waals surface area contributed by atoms with Crippen LogP contribution in [0.25, 0.3) is 16.8 Å². The molecule has 0 bridgehead atoms. The minimum Gasteiger partial charge on any atom is -0.507 e. The summed E-state index contributed by atoms with van der Waals surface area (Å²) in [4.78, 5) is 36.4. The molecule has 3 heterocycles. The minimum atomic E-state index is -0.920. The minimum absolute atomic E-state index is 0.0773. The van der Waals surface area contributed by atoms with Crippen LogP contribution in [0.2, 0.25) is 0 Å². The van der Waals surface area contributed by atoms with Crippen molar-refractivity contribution < 1.29 is 33.6 Å². The van der Waals surface area contributed by atoms with Crippen molar-refractivity contribution in [1.82, 2.24) is 9.97 Å². The zero-order valence-electron chi connectivity index (χ0n) is 20.4. The molecule has 1 saturated heterocycles. The molecule has 4 aromatic rings. The summed E-state index contributed by atoms with van der Waals surface area (Å²) in [6.07, 6.45) is 0. The van der Waals surface area contributed by atoms with E-state index in [2.05, 4.69) is 9.97 Å². The van der Waals surface area contributed by atoms with Crippen LogP contribution in [0.1, 0.15) is 16.5 Å². The fraction of sp³-hybridized carbons (Fsp3) is 0.192. The monoisotopic (exact) mass is 521 g/mol. The third-order valence-electron chi connectivity index (χ3n) is 6.12. The van der Waals surface area contributed by atoms with Crippen LogP contribution in [0.5, 0.6) is 23.0 Å². The van der Waals surface area contributed by atoms with Crippen molar-refractivity contribution in [1.29, 1.82) is 0 Å². The van der Waals surface area contributed by atoms with Gasteiger partial charge in [-0.1, -0.05) is 6.07 Å². The number of anilines is 1. The number of nitrogens with zero attached hydrogens (tertiary/aromatic N) is 2. The maximum Gasteiger partial charge on any atom is 0.302 e. The number of ketones is 1. The van der Waals surface area contributed by atoms with Crippen LogP contribution in [0.4, 0.5) is 5.95 Å². The number of hydrogen-bond donors (Lipinski definition) is 2. The second-order valence-electron chi connectivity index (χ2n) is 8.04. The van der Waals surface area contributed by atoms with Gasteiger partial charge in [-0.2, -0.15) is 0 Å². The van der Waals surface area contributed by atoms with Gasteiger partial charge in [0.05, 0.1) is 50.6 Å². The van der Waals surface area contributed by atoms with Crippen molar-refractivity contribution in [2.75, 3.05) is 33.3 Å². The van der Waals surface area contributed by atoms with Gasteiger partial charge in [0.2, 0.25) is 5.95 Å². The zero-order chi connectivity index (χ0) is 26.3. The van der Waals surface area contributed by atoms with Crippen LogP contribution >= 0.6 is 11.3 Å². The van der Waals surface area contributed by atoms with E-state index in [-0.39, 0.29) is 28.6 Å². The lowest BCUT2D eigenvalue weighted by Gasteiger charge is -2.21. The number of amides is 1. The highest BCUT2D eigenvalue weighted by Gasteiger charge is 2.49. The molecule has 2 N–H and O–H groups in total. The number of methoxy groups -OCH3 is 4. The highest BCUT2D eigenvalue weighted by Crippen LogP contribution is 2.45. The van der Waals surface area contributed by atoms with Crippen LogP contribution in [0, 0.1) is 0 Å². The Morgan fingerprint density at radius 1 is 0.973 bits per heavy atom. The SMILES string of the molecule is COc1ccc(/C(O)=C2\C(=O)C(=O)N(c3nc4cc(OC)c(OC)cc4[nH]3)C2c2cccs2)c(OC)c1. The molecule has 0 spiro atoms. The van der Waals surface area contributed by atoms with Crippen molar-refractivity contribution in [2.24, 2.45) is 0 Å². The Hall–Kier alpha value is -4.51. The van der Waals surface area contributed by atoms with Crippen molar-refractivity contribution in [3.05, 3.63) is 63.9 Å². The summed E-state index contributed by atoms with van der Waals surface area (Å²) in [5.74, 6) is -0.141. The molecule has 1 aliphatic rings. The standard InChI is InChI=1S/C26H23N3O7S/c1-33-13-7-8-14(17(10-13)34-2)23(30)21-22(20-6-5-9-37-20)29(25(32)24(21)31)26-27-15-11-18(35-3)19(36-4)12-16(15)28-26/h5-12,22,30H,1-4H3,(H,27,28)/b23-21+. The van der Waals surface area contributed by atoms with Gasteiger partial charge in [0.1, 0.15) is 23.3 Å². The van der Waals surface area contributed by atoms with Gasteiger partial charge in [-0.3, -0.25) is 14.5 Å². The van der Waals surface area contributed by atoms with Gasteiger partial charge >= 0.3 is 5.91 Å². The molecular weight excluding hydrogens is 498 g/mol. The molecule has 2 aromatic carbocycles. The Morgan fingerprint density at radius 2 is 1.70 bits per heavy atom. The summed E-state index contributed by atoms with van der Waals surface area (Å²) in [5.41, 5.74) is 1.26. The topological polar surface area (TPSA) is 123 Å². The molecule has 0 saturated carbocycles. The molecule has 190 valence electrons. The highest BCUT2D eigenvalue weighted by atomic mass is 32.1. The highest BCUT2D eigenvalue weighted by molar-refractivity contribution is 7.10. The maximum atomic E-state index is 13.4. The summed E-state index contributed by atoms with van der Waals surface area (Å²) >= 11 is 1.35. The fourth-order valence-corrected chi connectivity index (χ4v) is 5.17. The number of thiophene rings is 1. The Labute approximate surface area is 215 Å². The third kappa shape index (κ3) is 3.93. The number of Topliss-reactive ketones (excluding diaryl/α,β-unsaturated/α-hetero) is 1. The van der Waals surface area contributed by atoms with E-state index in [0.29, 0.717) is 33.2 Å². The molecule has 11 heteroatoms. The van der Waals surface area contributed by atoms with E-state index in [0.717, 1.165) is 0 Å². The normalized spacial score (nSPS) is 16.9. The summed E-state index contributed by atoms with van der Waals surface area (Å²) in [5, 5.41) is 13.2. The van der Waals surface area contributed by atoms with Crippen LogP contribution in [-0.4, -0.2) is 55.2 Å². The molecule has 1 amide bonds. The molecular formula is C26H23N3O7S. The van der Waals surface area contributed by atoms with Crippen molar-refractivity contribution in [3.63, 3.8) is 0 Å². The molecule has 10 nitrogen and oxygen atoms in total. The lowest BCUT2D eigenvalue weighted by Crippen LogP contribution is -2.30. The lowest BCUT2D eigenvalue weighted by atomic mass is 9.99. The van der Waals surface area contributed by atoms with E-state index in [1.807, 2.05) is 11.4 Å². The number of carbonyl (C=O) groups is 2. The van der Waals surface area contributed by atoms with Gasteiger partial charge in [-0.05, 0) is 23.6 Å². The molecule has 2 aromatic heterocycles. The maximum absolute atomic E-state index is 13.4. The summed E-state index contributed by atoms with van der Waals surface area (Å²) in [6.45, 7) is 0. The number of nitrogens with one attached hydrogen (secondary N) is 1. The summed E-state index contributed by atoms with van der Waals surface area (Å²) in [7, 11) is 5.98. The van der Waals surface area contributed by atoms with Gasteiger partial charge in [-0.25, -0.2) is 4.98 Å². The van der Waals surface area contributed by atoms with Crippen LogP contribution in [-0.2, 0) is 9.59 Å². The Balaban J connectivity index is 1.70. The number of rotatable bonds is 7. The Morgan fingerprint density at radius 3 is 2.35 bits per heavy atom. The van der Waals surface area contributed by atoms with Crippen molar-refractivity contribution in [3.8, 4) is 23.0 Å². The average Bonchev–Trinajstić information content (AvgIpc) is 3.65. The van der Waals surface area contributed by atoms with Crippen molar-refractivity contribution in [2.45, 2.75) is 6.04 Å². The number of aliphatic hydroxyl groups is 1. The van der Waals surface area contributed by atoms with Crippen LogP contribution in [0.3, 0.4) is 0 Å². The zero-order valence-corrected chi connectivity index (χ0v) is 21.2. The molecule has 1 atom stereocenters. The van der Waals surface area contributed by atoms with E-state index in [4.69, 9.17) is 18.9 Å². The van der Waals surface area contributed by atoms with Crippen molar-refractivity contribution >= 4 is 45.8 Å².